The number of nitrogens with one attached hydrogen (secondary N) is 2. The van der Waals surface area contributed by atoms with E-state index in [1.54, 1.807) is 24.3 Å². The van der Waals surface area contributed by atoms with Gasteiger partial charge in [0, 0.05) is 18.7 Å². The molecule has 2 rings (SSSR count). The van der Waals surface area contributed by atoms with Gasteiger partial charge in [0.05, 0.1) is 5.92 Å². The third-order valence-corrected chi connectivity index (χ3v) is 4.16. The molecule has 1 saturated carbocycles. The van der Waals surface area contributed by atoms with E-state index in [4.69, 9.17) is 9.84 Å². The second-order valence-corrected chi connectivity index (χ2v) is 5.87. The first-order valence-corrected chi connectivity index (χ1v) is 7.96. The van der Waals surface area contributed by atoms with Crippen molar-refractivity contribution < 1.29 is 24.2 Å². The van der Waals surface area contributed by atoms with Crippen LogP contribution >= 0.6 is 0 Å². The van der Waals surface area contributed by atoms with Gasteiger partial charge in [-0.15, -0.1) is 0 Å². The number of aliphatic carboxylic acids is 1. The smallest absolute Gasteiger partial charge is 0.306 e. The Balaban J connectivity index is 1.87. The van der Waals surface area contributed by atoms with Crippen molar-refractivity contribution in [3.8, 4) is 5.75 Å². The highest BCUT2D eigenvalue weighted by molar-refractivity contribution is 5.93. The maximum Gasteiger partial charge on any atom is 0.306 e. The van der Waals surface area contributed by atoms with Gasteiger partial charge < -0.3 is 20.5 Å². The summed E-state index contributed by atoms with van der Waals surface area (Å²) in [7, 11) is 1.53. The summed E-state index contributed by atoms with van der Waals surface area (Å²) in [6.45, 7) is -0.0686. The molecule has 0 aliphatic heterocycles. The first-order chi connectivity index (χ1) is 11.5. The lowest BCUT2D eigenvalue weighted by atomic mass is 9.81. The molecule has 0 aromatic heterocycles. The maximum absolute atomic E-state index is 12.3. The first kappa shape index (κ1) is 17.8. The average Bonchev–Trinajstić information content (AvgIpc) is 2.60. The number of rotatable bonds is 6. The zero-order chi connectivity index (χ0) is 17.5. The standard InChI is InChI=1S/C17H22N2O5/c1-18-15(20)10-24-14-7-5-13(6-8-14)19-16(21)11-3-2-4-12(9-11)17(22)23/h5-8,11-12H,2-4,9-10H2,1H3,(H,18,20)(H,19,21)(H,22,23). The topological polar surface area (TPSA) is 105 Å². The van der Waals surface area contributed by atoms with Gasteiger partial charge in [0.1, 0.15) is 5.75 Å². The normalized spacial score (nSPS) is 20.0. The number of carboxylic acid groups (broad SMARTS) is 1. The van der Waals surface area contributed by atoms with Crippen molar-refractivity contribution in [2.75, 3.05) is 19.0 Å². The highest BCUT2D eigenvalue weighted by atomic mass is 16.5. The summed E-state index contributed by atoms with van der Waals surface area (Å²) >= 11 is 0. The molecule has 1 aliphatic carbocycles. The van der Waals surface area contributed by atoms with E-state index in [-0.39, 0.29) is 24.3 Å². The lowest BCUT2D eigenvalue weighted by molar-refractivity contribution is -0.143. The van der Waals surface area contributed by atoms with Gasteiger partial charge in [-0.25, -0.2) is 0 Å². The number of hydrogen-bond donors (Lipinski definition) is 3. The Morgan fingerprint density at radius 3 is 2.46 bits per heavy atom. The number of amides is 2. The summed E-state index contributed by atoms with van der Waals surface area (Å²) in [6.07, 6.45) is 2.48. The number of likely N-dealkylation sites (N-methyl/N-ethyl adjacent to an activating group) is 1. The van der Waals surface area contributed by atoms with Gasteiger partial charge in [-0.3, -0.25) is 14.4 Å². The average molecular weight is 334 g/mol. The predicted molar refractivity (Wildman–Crippen MR) is 87.7 cm³/mol. The molecule has 1 aliphatic rings. The molecule has 1 aromatic carbocycles. The van der Waals surface area contributed by atoms with E-state index in [1.807, 2.05) is 0 Å². The van der Waals surface area contributed by atoms with Gasteiger partial charge in [0.15, 0.2) is 6.61 Å². The number of hydrogen-bond acceptors (Lipinski definition) is 4. The molecule has 2 unspecified atom stereocenters. The van der Waals surface area contributed by atoms with E-state index < -0.39 is 11.9 Å². The van der Waals surface area contributed by atoms with Crippen LogP contribution in [0.2, 0.25) is 0 Å². The lowest BCUT2D eigenvalue weighted by Gasteiger charge is -2.25. The number of anilines is 1. The highest BCUT2D eigenvalue weighted by Crippen LogP contribution is 2.30. The molecule has 3 N–H and O–H groups in total. The van der Waals surface area contributed by atoms with Crippen molar-refractivity contribution in [3.63, 3.8) is 0 Å². The number of carboxylic acids is 1. The largest absolute Gasteiger partial charge is 0.484 e. The quantitative estimate of drug-likeness (QED) is 0.733. The summed E-state index contributed by atoms with van der Waals surface area (Å²) in [6, 6.07) is 6.71. The molecule has 1 aromatic rings. The van der Waals surface area contributed by atoms with Crippen LogP contribution in [0.4, 0.5) is 5.69 Å². The van der Waals surface area contributed by atoms with E-state index in [0.29, 0.717) is 30.7 Å². The van der Waals surface area contributed by atoms with Crippen molar-refractivity contribution >= 4 is 23.5 Å². The summed E-state index contributed by atoms with van der Waals surface area (Å²) in [5.41, 5.74) is 0.616. The minimum atomic E-state index is -0.829. The molecule has 2 atom stereocenters. The molecule has 1 fully saturated rings. The number of ether oxygens (including phenoxy) is 1. The molecular formula is C17H22N2O5. The molecule has 0 spiro atoms. The number of benzene rings is 1. The summed E-state index contributed by atoms with van der Waals surface area (Å²) in [5, 5.41) is 14.4. The molecule has 2 amide bonds. The van der Waals surface area contributed by atoms with Crippen LogP contribution in [0.15, 0.2) is 24.3 Å². The zero-order valence-electron chi connectivity index (χ0n) is 13.6. The Hall–Kier alpha value is -2.57. The van der Waals surface area contributed by atoms with Gasteiger partial charge in [-0.05, 0) is 43.5 Å². The third-order valence-electron chi connectivity index (χ3n) is 4.16. The third kappa shape index (κ3) is 4.97. The van der Waals surface area contributed by atoms with E-state index in [9.17, 15) is 14.4 Å². The second-order valence-electron chi connectivity index (χ2n) is 5.87. The van der Waals surface area contributed by atoms with Crippen LogP contribution in [-0.2, 0) is 14.4 Å². The zero-order valence-corrected chi connectivity index (χ0v) is 13.6. The molecule has 130 valence electrons. The molecule has 7 heteroatoms. The Kier molecular flexibility index (Phi) is 6.17. The second kappa shape index (κ2) is 8.33. The van der Waals surface area contributed by atoms with Crippen LogP contribution in [0.1, 0.15) is 25.7 Å². The van der Waals surface area contributed by atoms with Gasteiger partial charge in [-0.1, -0.05) is 6.42 Å². The lowest BCUT2D eigenvalue weighted by Crippen LogP contribution is -2.30. The Morgan fingerprint density at radius 1 is 1.17 bits per heavy atom. The summed E-state index contributed by atoms with van der Waals surface area (Å²) in [5.74, 6) is -1.39. The molecule has 0 bridgehead atoms. The molecule has 0 saturated heterocycles. The van der Waals surface area contributed by atoms with Crippen LogP contribution in [0, 0.1) is 11.8 Å². The predicted octanol–water partition coefficient (Wildman–Crippen LogP) is 1.64. The molecule has 24 heavy (non-hydrogen) atoms. The minimum Gasteiger partial charge on any atom is -0.484 e. The van der Waals surface area contributed by atoms with Crippen molar-refractivity contribution in [3.05, 3.63) is 24.3 Å². The summed E-state index contributed by atoms with van der Waals surface area (Å²) < 4.78 is 5.29. The fraction of sp³-hybridized carbons (Fsp3) is 0.471. The number of carbonyl (C=O) groups excluding carboxylic acids is 2. The van der Waals surface area contributed by atoms with Gasteiger partial charge >= 0.3 is 5.97 Å². The molecule has 0 radical (unpaired) electrons. The SMILES string of the molecule is CNC(=O)COc1ccc(NC(=O)C2CCCC(C(=O)O)C2)cc1. The van der Waals surface area contributed by atoms with E-state index in [0.717, 1.165) is 6.42 Å². The van der Waals surface area contributed by atoms with Crippen molar-refractivity contribution in [2.45, 2.75) is 25.7 Å². The first-order valence-electron chi connectivity index (χ1n) is 7.96. The fourth-order valence-electron chi connectivity index (χ4n) is 2.75. The van der Waals surface area contributed by atoms with Crippen LogP contribution in [0.3, 0.4) is 0 Å². The van der Waals surface area contributed by atoms with Crippen molar-refractivity contribution in [2.24, 2.45) is 11.8 Å². The Bertz CT molecular complexity index is 600. The maximum atomic E-state index is 12.3. The van der Waals surface area contributed by atoms with Crippen LogP contribution in [-0.4, -0.2) is 36.5 Å². The van der Waals surface area contributed by atoms with Crippen molar-refractivity contribution in [1.29, 1.82) is 0 Å². The van der Waals surface area contributed by atoms with Gasteiger partial charge in [0.25, 0.3) is 5.91 Å². The van der Waals surface area contributed by atoms with Crippen LogP contribution < -0.4 is 15.4 Å². The minimum absolute atomic E-state index is 0.0686. The van der Waals surface area contributed by atoms with Gasteiger partial charge in [-0.2, -0.15) is 0 Å². The molecular weight excluding hydrogens is 312 g/mol. The van der Waals surface area contributed by atoms with E-state index >= 15 is 0 Å². The highest BCUT2D eigenvalue weighted by Gasteiger charge is 2.30. The van der Waals surface area contributed by atoms with Crippen LogP contribution in [0.25, 0.3) is 0 Å². The Labute approximate surface area is 140 Å². The van der Waals surface area contributed by atoms with E-state index in [2.05, 4.69) is 10.6 Å². The van der Waals surface area contributed by atoms with Gasteiger partial charge in [0.2, 0.25) is 5.91 Å². The summed E-state index contributed by atoms with van der Waals surface area (Å²) in [4.78, 5) is 34.5. The van der Waals surface area contributed by atoms with Crippen molar-refractivity contribution in [1.82, 2.24) is 5.32 Å². The number of carbonyl (C=O) groups is 3. The monoisotopic (exact) mass is 334 g/mol. The molecule has 7 nitrogen and oxygen atoms in total. The fourth-order valence-corrected chi connectivity index (χ4v) is 2.75. The molecule has 0 heterocycles. The van der Waals surface area contributed by atoms with E-state index in [1.165, 1.54) is 7.05 Å². The Morgan fingerprint density at radius 2 is 1.83 bits per heavy atom. The van der Waals surface area contributed by atoms with Crippen LogP contribution in [0.5, 0.6) is 5.75 Å².